The zero-order valence-electron chi connectivity index (χ0n) is 31.8. The van der Waals surface area contributed by atoms with Crippen molar-refractivity contribution in [3.63, 3.8) is 0 Å². The molecule has 2 aliphatic rings. The lowest BCUT2D eigenvalue weighted by Crippen LogP contribution is -2.70. The van der Waals surface area contributed by atoms with Gasteiger partial charge in [-0.05, 0) is 110 Å². The molecule has 50 heavy (non-hydrogen) atoms. The molecule has 0 unspecified atom stereocenters. The molecule has 0 heterocycles. The first-order chi connectivity index (χ1) is 22.5. The Labute approximate surface area is 298 Å². The minimum Gasteiger partial charge on any atom is -0.691 e. The average Bonchev–Trinajstić information content (AvgIpc) is 3.40. The molecule has 0 aliphatic heterocycles. The predicted octanol–water partition coefficient (Wildman–Crippen LogP) is 7.98. The second-order valence-electron chi connectivity index (χ2n) is 15.4. The largest absolute Gasteiger partial charge is 0.691 e. The molecule has 0 atom stereocenters. The van der Waals surface area contributed by atoms with Crippen LogP contribution in [0, 0.1) is 27.6 Å². The summed E-state index contributed by atoms with van der Waals surface area (Å²) in [6.45, 7) is 23.0. The first-order valence-corrected chi connectivity index (χ1v) is 18.0. The van der Waals surface area contributed by atoms with Crippen LogP contribution >= 0.6 is 12.0 Å². The lowest BCUT2D eigenvalue weighted by Gasteiger charge is -2.44. The number of alkyl halides is 6. The van der Waals surface area contributed by atoms with Crippen LogP contribution in [-0.2, 0) is 28.4 Å². The van der Waals surface area contributed by atoms with Crippen molar-refractivity contribution in [1.29, 1.82) is 0 Å². The molecular formula is C34H60F6NO8S-. The van der Waals surface area contributed by atoms with E-state index in [-0.39, 0.29) is 17.8 Å². The highest BCUT2D eigenvalue weighted by atomic mass is 32.2. The predicted molar refractivity (Wildman–Crippen MR) is 177 cm³/mol. The molecular weight excluding hydrogens is 696 g/mol. The first-order valence-electron chi connectivity index (χ1n) is 17.1. The summed E-state index contributed by atoms with van der Waals surface area (Å²) in [7, 11) is 0. The Kier molecular flexibility index (Phi) is 18.1. The van der Waals surface area contributed by atoms with Crippen LogP contribution in [0.3, 0.4) is 0 Å². The van der Waals surface area contributed by atoms with Crippen LogP contribution in [0.5, 0.6) is 0 Å². The summed E-state index contributed by atoms with van der Waals surface area (Å²) >= 11 is 1.17. The van der Waals surface area contributed by atoms with E-state index in [2.05, 4.69) is 46.7 Å². The number of halogens is 6. The number of hydrogen-bond acceptors (Lipinski definition) is 10. The normalized spacial score (nSPS) is 20.9. The second kappa shape index (κ2) is 18.6. The number of nitrogens with zero attached hydrogens (tertiary/aromatic N) is 1. The van der Waals surface area contributed by atoms with Crippen molar-refractivity contribution in [2.75, 3.05) is 32.0 Å². The molecule has 0 amide bonds. The second-order valence-corrected chi connectivity index (χ2v) is 16.1. The Morgan fingerprint density at radius 3 is 1.62 bits per heavy atom. The van der Waals surface area contributed by atoms with Gasteiger partial charge in [0.15, 0.2) is 5.60 Å². The van der Waals surface area contributed by atoms with E-state index in [9.17, 15) is 46.3 Å². The van der Waals surface area contributed by atoms with Gasteiger partial charge in [0.25, 0.3) is 5.60 Å². The topological polar surface area (TPSA) is 118 Å². The molecule has 2 rings (SSSR count). The van der Waals surface area contributed by atoms with Crippen molar-refractivity contribution in [2.45, 2.75) is 145 Å². The van der Waals surface area contributed by atoms with Gasteiger partial charge in [-0.25, -0.2) is 0 Å². The number of hydrogen-bond donors (Lipinski definition) is 1. The molecule has 2 bridgehead atoms. The Bertz CT molecular complexity index is 1040. The summed E-state index contributed by atoms with van der Waals surface area (Å²) in [4.78, 5) is 25.6. The summed E-state index contributed by atoms with van der Waals surface area (Å²) in [6, 6.07) is 0. The molecule has 16 heteroatoms. The number of likely N-dealkylation sites (N-methyl/N-ethyl adjacent to an activating group) is 1. The molecule has 0 radical (unpaired) electrons. The number of aliphatic hydroxyl groups is 1. The van der Waals surface area contributed by atoms with Gasteiger partial charge in [-0.1, -0.05) is 41.5 Å². The summed E-state index contributed by atoms with van der Waals surface area (Å²) < 4.78 is 90.6. The highest BCUT2D eigenvalue weighted by Crippen LogP contribution is 2.66. The van der Waals surface area contributed by atoms with Crippen LogP contribution in [0.4, 0.5) is 26.3 Å². The Morgan fingerprint density at radius 1 is 0.840 bits per heavy atom. The van der Waals surface area contributed by atoms with Crippen molar-refractivity contribution >= 4 is 24.0 Å². The highest BCUT2D eigenvalue weighted by Gasteiger charge is 2.78. The zero-order valence-corrected chi connectivity index (χ0v) is 32.6. The van der Waals surface area contributed by atoms with Crippen LogP contribution in [0.1, 0.15) is 122 Å². The molecule has 1 N–H and O–H groups in total. The number of carbonyl (C=O) groups is 2. The van der Waals surface area contributed by atoms with E-state index < -0.39 is 34.9 Å². The molecule has 9 nitrogen and oxygen atoms in total. The number of esters is 2. The van der Waals surface area contributed by atoms with E-state index in [1.165, 1.54) is 58.5 Å². The summed E-state index contributed by atoms with van der Waals surface area (Å²) in [5, 5.41) is 22.4. The van der Waals surface area contributed by atoms with Crippen molar-refractivity contribution in [3.05, 3.63) is 0 Å². The minimum absolute atomic E-state index is 0.0860. The highest BCUT2D eigenvalue weighted by molar-refractivity contribution is 7.94. The van der Waals surface area contributed by atoms with Gasteiger partial charge in [-0.2, -0.15) is 30.7 Å². The molecule has 2 fully saturated rings. The van der Waals surface area contributed by atoms with Crippen LogP contribution in [0.25, 0.3) is 0 Å². The fourth-order valence-corrected chi connectivity index (χ4v) is 7.01. The van der Waals surface area contributed by atoms with E-state index >= 15 is 0 Å². The fraction of sp³-hybridized carbons (Fsp3) is 0.941. The van der Waals surface area contributed by atoms with E-state index in [0.29, 0.717) is 31.3 Å². The van der Waals surface area contributed by atoms with Crippen LogP contribution in [0.15, 0.2) is 0 Å². The third kappa shape index (κ3) is 11.6. The third-order valence-corrected chi connectivity index (χ3v) is 12.0. The maximum atomic E-state index is 12.8. The van der Waals surface area contributed by atoms with Gasteiger partial charge < -0.3 is 24.7 Å². The standard InChI is InChI=1S/C12H18F6O3.C12H25NO2.C10H18O3S/c1-6-8(2,3)7(19)21-9(4,5)10(20,11(13,14)15)12(16,17)18;1-6-12(4,5)11(14)15-10-9-13(7-2)8-3;1-9(2)8-3-5-10(9,6-4-8)7-14-13-12-11/h20H,6H2,1-5H3;6-10H2,1-5H3;8,11H,3-7H2,1-2H3/p-1. The van der Waals surface area contributed by atoms with Crippen LogP contribution in [-0.4, -0.2) is 77.5 Å². The summed E-state index contributed by atoms with van der Waals surface area (Å²) in [5.41, 5.74) is -9.26. The minimum atomic E-state index is -6.06. The van der Waals surface area contributed by atoms with Gasteiger partial charge in [-0.3, -0.25) is 14.6 Å². The number of ether oxygens (including phenoxy) is 2. The Balaban J connectivity index is 0.000000738. The lowest BCUT2D eigenvalue weighted by molar-refractivity contribution is -0.777. The molecule has 2 saturated carbocycles. The zero-order chi connectivity index (χ0) is 39.6. The maximum absolute atomic E-state index is 12.8. The van der Waals surface area contributed by atoms with Crippen molar-refractivity contribution in [2.24, 2.45) is 27.6 Å². The van der Waals surface area contributed by atoms with E-state index in [4.69, 9.17) is 4.74 Å². The molecule has 0 aromatic carbocycles. The van der Waals surface area contributed by atoms with Gasteiger partial charge >= 0.3 is 24.3 Å². The monoisotopic (exact) mass is 756 g/mol. The Morgan fingerprint density at radius 2 is 1.28 bits per heavy atom. The smallest absolute Gasteiger partial charge is 0.430 e. The van der Waals surface area contributed by atoms with Gasteiger partial charge in [0.2, 0.25) is 0 Å². The Hall–Kier alpha value is -1.33. The molecule has 298 valence electrons. The fourth-order valence-electron chi connectivity index (χ4n) is 6.03. The molecule has 0 spiro atoms. The van der Waals surface area contributed by atoms with Crippen molar-refractivity contribution < 1.29 is 65.1 Å². The van der Waals surface area contributed by atoms with E-state index in [1.807, 2.05) is 20.8 Å². The average molecular weight is 757 g/mol. The van der Waals surface area contributed by atoms with Crippen molar-refractivity contribution in [3.8, 4) is 0 Å². The maximum Gasteiger partial charge on any atom is 0.430 e. The number of carbonyl (C=O) groups excluding carboxylic acids is 2. The third-order valence-electron chi connectivity index (χ3n) is 11.2. The SMILES string of the molecule is CC1(C)C2CCC1(CSOO[O-])CC2.CCC(C)(C)C(=O)OC(C)(C)C(O)(C(F)(F)F)C(F)(F)F.CCN(CC)CCOC(=O)C(C)(C)CC. The van der Waals surface area contributed by atoms with E-state index in [1.54, 1.807) is 0 Å². The molecule has 2 aliphatic carbocycles. The summed E-state index contributed by atoms with van der Waals surface area (Å²) in [6.07, 6.45) is -5.94. The number of rotatable bonds is 15. The molecule has 0 aromatic rings. The van der Waals surface area contributed by atoms with E-state index in [0.717, 1.165) is 37.7 Å². The summed E-state index contributed by atoms with van der Waals surface area (Å²) in [5.74, 6) is 0.411. The van der Waals surface area contributed by atoms with Gasteiger partial charge in [-0.15, -0.1) is 0 Å². The van der Waals surface area contributed by atoms with Crippen molar-refractivity contribution in [1.82, 2.24) is 4.90 Å². The number of fused-ring (bicyclic) bond motifs is 2. The lowest BCUT2D eigenvalue weighted by atomic mass is 9.71. The van der Waals surface area contributed by atoms with Crippen LogP contribution in [0.2, 0.25) is 0 Å². The first kappa shape index (κ1) is 48.7. The van der Waals surface area contributed by atoms with Gasteiger partial charge in [0, 0.05) is 24.3 Å². The van der Waals surface area contributed by atoms with Gasteiger partial charge in [0.05, 0.1) is 10.8 Å². The molecule has 0 saturated heterocycles. The quantitative estimate of drug-likeness (QED) is 0.0440. The van der Waals surface area contributed by atoms with Crippen LogP contribution < -0.4 is 5.26 Å². The van der Waals surface area contributed by atoms with Gasteiger partial charge in [0.1, 0.15) is 6.61 Å². The molecule has 0 aromatic heterocycles.